The summed E-state index contributed by atoms with van der Waals surface area (Å²) in [6.07, 6.45) is -3.81. The van der Waals surface area contributed by atoms with Crippen LogP contribution in [0.15, 0.2) is 48.5 Å². The van der Waals surface area contributed by atoms with Crippen LogP contribution in [0.1, 0.15) is 41.6 Å². The molecule has 1 atom stereocenters. The van der Waals surface area contributed by atoms with E-state index in [1.807, 2.05) is 38.1 Å². The van der Waals surface area contributed by atoms with Gasteiger partial charge in [0.15, 0.2) is 0 Å². The second-order valence-electron chi connectivity index (χ2n) is 7.85. The van der Waals surface area contributed by atoms with Crippen LogP contribution in [0.2, 0.25) is 0 Å². The van der Waals surface area contributed by atoms with Gasteiger partial charge in [0.05, 0.1) is 17.9 Å². The van der Waals surface area contributed by atoms with Crippen LogP contribution in [-0.2, 0) is 24.4 Å². The molecule has 0 bridgehead atoms. The molecule has 0 saturated heterocycles. The molecule has 3 rings (SSSR count). The maximum absolute atomic E-state index is 12.8. The molecule has 170 valence electrons. The lowest BCUT2D eigenvalue weighted by molar-refractivity contribution is -0.138. The minimum atomic E-state index is -4.37. The zero-order valence-electron chi connectivity index (χ0n) is 18.1. The number of aryl methyl sites for hydroxylation is 3. The molecule has 32 heavy (non-hydrogen) atoms. The van der Waals surface area contributed by atoms with Crippen LogP contribution in [0, 0.1) is 6.92 Å². The molecule has 0 aliphatic carbocycles. The van der Waals surface area contributed by atoms with Crippen LogP contribution in [0.25, 0.3) is 11.3 Å². The van der Waals surface area contributed by atoms with E-state index in [9.17, 15) is 18.0 Å². The molecule has 0 spiro atoms. The average molecular weight is 446 g/mol. The summed E-state index contributed by atoms with van der Waals surface area (Å²) in [5.41, 5.74) is 3.36. The minimum Gasteiger partial charge on any atom is -0.493 e. The molecule has 0 amide bonds. The van der Waals surface area contributed by atoms with Crippen LogP contribution >= 0.6 is 0 Å². The van der Waals surface area contributed by atoms with E-state index < -0.39 is 17.7 Å². The summed E-state index contributed by atoms with van der Waals surface area (Å²) < 4.78 is 46.0. The lowest BCUT2D eigenvalue weighted by Gasteiger charge is -2.14. The van der Waals surface area contributed by atoms with Gasteiger partial charge in [0.2, 0.25) is 0 Å². The van der Waals surface area contributed by atoms with E-state index >= 15 is 0 Å². The summed E-state index contributed by atoms with van der Waals surface area (Å²) in [7, 11) is 1.79. The fourth-order valence-corrected chi connectivity index (χ4v) is 3.50. The van der Waals surface area contributed by atoms with Crippen LogP contribution < -0.4 is 4.74 Å². The molecule has 8 heteroatoms. The van der Waals surface area contributed by atoms with Gasteiger partial charge in [-0.3, -0.25) is 9.48 Å². The number of carboxylic acid groups (broad SMARTS) is 1. The Labute approximate surface area is 184 Å². The zero-order chi connectivity index (χ0) is 23.5. The number of halogens is 3. The second-order valence-corrected chi connectivity index (χ2v) is 7.85. The highest BCUT2D eigenvalue weighted by molar-refractivity contribution is 5.67. The number of ether oxygens (including phenoxy) is 1. The lowest BCUT2D eigenvalue weighted by Crippen LogP contribution is -2.11. The fourth-order valence-electron chi connectivity index (χ4n) is 3.50. The first-order chi connectivity index (χ1) is 15.0. The van der Waals surface area contributed by atoms with E-state index in [0.717, 1.165) is 29.0 Å². The highest BCUT2D eigenvalue weighted by Gasteiger charge is 2.30. The van der Waals surface area contributed by atoms with Gasteiger partial charge in [0, 0.05) is 30.6 Å². The lowest BCUT2D eigenvalue weighted by atomic mass is 10.0. The normalized spacial score (nSPS) is 12.6. The summed E-state index contributed by atoms with van der Waals surface area (Å²) in [5, 5.41) is 13.3. The molecule has 1 N–H and O–H groups in total. The van der Waals surface area contributed by atoms with E-state index in [1.54, 1.807) is 11.7 Å². The van der Waals surface area contributed by atoms with Crippen molar-refractivity contribution in [1.82, 2.24) is 9.78 Å². The molecule has 0 radical (unpaired) electrons. The van der Waals surface area contributed by atoms with Gasteiger partial charge in [0.1, 0.15) is 5.75 Å². The molecule has 0 fully saturated rings. The molecule has 0 aliphatic rings. The molecule has 0 aliphatic heterocycles. The van der Waals surface area contributed by atoms with Crippen molar-refractivity contribution in [2.45, 2.75) is 38.8 Å². The predicted molar refractivity (Wildman–Crippen MR) is 115 cm³/mol. The summed E-state index contributed by atoms with van der Waals surface area (Å²) in [6, 6.07) is 12.4. The largest absolute Gasteiger partial charge is 0.493 e. The Morgan fingerprint density at radius 3 is 2.44 bits per heavy atom. The van der Waals surface area contributed by atoms with Crippen molar-refractivity contribution >= 4 is 5.97 Å². The third-order valence-corrected chi connectivity index (χ3v) is 5.35. The van der Waals surface area contributed by atoms with Crippen LogP contribution in [0.3, 0.4) is 0 Å². The Morgan fingerprint density at radius 2 is 1.84 bits per heavy atom. The Morgan fingerprint density at radius 1 is 1.16 bits per heavy atom. The molecule has 5 nitrogen and oxygen atoms in total. The predicted octanol–water partition coefficient (Wildman–Crippen LogP) is 5.61. The van der Waals surface area contributed by atoms with Gasteiger partial charge in [-0.25, -0.2) is 0 Å². The SMILES string of the molecule is Cc1cc(OCC(C)c2cc(-c3ccc(C(F)(F)F)cc3)nn2C)ccc1CCC(=O)O. The van der Waals surface area contributed by atoms with Gasteiger partial charge in [-0.2, -0.15) is 18.3 Å². The summed E-state index contributed by atoms with van der Waals surface area (Å²) in [6.45, 7) is 4.30. The third-order valence-electron chi connectivity index (χ3n) is 5.35. The summed E-state index contributed by atoms with van der Waals surface area (Å²) in [5.74, 6) is -0.147. The molecular weight excluding hydrogens is 421 g/mol. The molecule has 1 heterocycles. The van der Waals surface area contributed by atoms with E-state index in [0.29, 0.717) is 30.0 Å². The number of benzene rings is 2. The van der Waals surface area contributed by atoms with Gasteiger partial charge >= 0.3 is 12.1 Å². The van der Waals surface area contributed by atoms with Crippen molar-refractivity contribution in [2.24, 2.45) is 7.05 Å². The number of aromatic nitrogens is 2. The standard InChI is InChI=1S/C24H25F3N2O3/c1-15-12-20(10-6-17(15)7-11-23(30)31)32-14-16(2)22-13-21(28-29(22)3)18-4-8-19(9-5-18)24(25,26)27/h4-6,8-10,12-13,16H,7,11,14H2,1-3H3,(H,30,31). The second kappa shape index (κ2) is 9.46. The number of aliphatic carboxylic acids is 1. The first kappa shape index (κ1) is 23.4. The molecule has 1 aromatic heterocycles. The first-order valence-corrected chi connectivity index (χ1v) is 10.2. The van der Waals surface area contributed by atoms with Crippen molar-refractivity contribution in [3.05, 3.63) is 70.9 Å². The number of hydrogen-bond acceptors (Lipinski definition) is 3. The third kappa shape index (κ3) is 5.69. The summed E-state index contributed by atoms with van der Waals surface area (Å²) >= 11 is 0. The smallest absolute Gasteiger partial charge is 0.416 e. The highest BCUT2D eigenvalue weighted by Crippen LogP contribution is 2.31. The number of hydrogen-bond donors (Lipinski definition) is 1. The van der Waals surface area contributed by atoms with E-state index in [-0.39, 0.29) is 12.3 Å². The number of rotatable bonds is 8. The monoisotopic (exact) mass is 446 g/mol. The highest BCUT2D eigenvalue weighted by atomic mass is 19.4. The van der Waals surface area contributed by atoms with Gasteiger partial charge in [-0.1, -0.05) is 25.1 Å². The van der Waals surface area contributed by atoms with Crippen molar-refractivity contribution < 1.29 is 27.8 Å². The maximum atomic E-state index is 12.8. The topological polar surface area (TPSA) is 64.4 Å². The molecule has 2 aromatic carbocycles. The van der Waals surface area contributed by atoms with E-state index in [4.69, 9.17) is 9.84 Å². The Hall–Kier alpha value is -3.29. The molecule has 1 unspecified atom stereocenters. The van der Waals surface area contributed by atoms with Gasteiger partial charge in [0.25, 0.3) is 0 Å². The van der Waals surface area contributed by atoms with Crippen molar-refractivity contribution in [1.29, 1.82) is 0 Å². The van der Waals surface area contributed by atoms with E-state index in [1.165, 1.54) is 12.1 Å². The fraction of sp³-hybridized carbons (Fsp3) is 0.333. The molecular formula is C24H25F3N2O3. The maximum Gasteiger partial charge on any atom is 0.416 e. The molecule has 0 saturated carbocycles. The number of alkyl halides is 3. The quantitative estimate of drug-likeness (QED) is 0.488. The van der Waals surface area contributed by atoms with Crippen LogP contribution in [0.4, 0.5) is 13.2 Å². The number of carboxylic acids is 1. The Bertz CT molecular complexity index is 1090. The van der Waals surface area contributed by atoms with Gasteiger partial charge in [-0.05, 0) is 54.8 Å². The number of carbonyl (C=O) groups is 1. The minimum absolute atomic E-state index is 0.0114. The number of nitrogens with zero attached hydrogens (tertiary/aromatic N) is 2. The summed E-state index contributed by atoms with van der Waals surface area (Å²) in [4.78, 5) is 10.8. The van der Waals surface area contributed by atoms with E-state index in [2.05, 4.69) is 5.10 Å². The average Bonchev–Trinajstić information content (AvgIpc) is 3.12. The van der Waals surface area contributed by atoms with Crippen molar-refractivity contribution in [3.8, 4) is 17.0 Å². The Kier molecular flexibility index (Phi) is 6.91. The Balaban J connectivity index is 1.66. The van der Waals surface area contributed by atoms with Crippen molar-refractivity contribution in [2.75, 3.05) is 6.61 Å². The van der Waals surface area contributed by atoms with Crippen LogP contribution in [-0.4, -0.2) is 27.5 Å². The van der Waals surface area contributed by atoms with Crippen molar-refractivity contribution in [3.63, 3.8) is 0 Å². The van der Waals surface area contributed by atoms with Crippen LogP contribution in [0.5, 0.6) is 5.75 Å². The van der Waals surface area contributed by atoms with Gasteiger partial charge in [-0.15, -0.1) is 0 Å². The van der Waals surface area contributed by atoms with Gasteiger partial charge < -0.3 is 9.84 Å². The first-order valence-electron chi connectivity index (χ1n) is 10.2. The molecule has 3 aromatic rings. The zero-order valence-corrected chi connectivity index (χ0v) is 18.1.